The van der Waals surface area contributed by atoms with Crippen LogP contribution in [0.5, 0.6) is 0 Å². The highest BCUT2D eigenvalue weighted by Gasteiger charge is 2.22. The van der Waals surface area contributed by atoms with E-state index in [4.69, 9.17) is 4.74 Å². The second-order valence-electron chi connectivity index (χ2n) is 8.04. The number of hydrogen-bond acceptors (Lipinski definition) is 4. The zero-order chi connectivity index (χ0) is 22.6. The number of amides is 3. The van der Waals surface area contributed by atoms with Gasteiger partial charge in [0.05, 0.1) is 0 Å². The minimum absolute atomic E-state index is 0.0629. The quantitative estimate of drug-likeness (QED) is 0.532. The summed E-state index contributed by atoms with van der Waals surface area (Å²) in [6.07, 6.45) is 4.20. The zero-order valence-electron chi connectivity index (χ0n) is 18.2. The fraction of sp³-hybridized carbons (Fsp3) is 0.400. The van der Waals surface area contributed by atoms with Crippen LogP contribution >= 0.6 is 0 Å². The first-order chi connectivity index (χ1) is 15.6. The van der Waals surface area contributed by atoms with Gasteiger partial charge < -0.3 is 20.7 Å². The van der Waals surface area contributed by atoms with Gasteiger partial charge in [-0.1, -0.05) is 73.5 Å². The second kappa shape index (κ2) is 12.5. The van der Waals surface area contributed by atoms with Crippen LogP contribution in [0.3, 0.4) is 0 Å². The van der Waals surface area contributed by atoms with E-state index >= 15 is 0 Å². The summed E-state index contributed by atoms with van der Waals surface area (Å²) in [7, 11) is 0. The minimum atomic E-state index is -0.807. The SMILES string of the molecule is O=C(CCNC(=O)[C@H](Cc1ccccc1)NC(=O)OCc1ccccc1)NC1CCCC1. The maximum absolute atomic E-state index is 12.8. The van der Waals surface area contributed by atoms with Gasteiger partial charge in [0.1, 0.15) is 12.6 Å². The van der Waals surface area contributed by atoms with Crippen LogP contribution in [-0.4, -0.2) is 36.5 Å². The van der Waals surface area contributed by atoms with Gasteiger partial charge in [-0.3, -0.25) is 9.59 Å². The standard InChI is InChI=1S/C25H31N3O4/c29-23(27-21-13-7-8-14-21)15-16-26-24(30)22(17-19-9-3-1-4-10-19)28-25(31)32-18-20-11-5-2-6-12-20/h1-6,9-12,21-22H,7-8,13-18H2,(H,26,30)(H,27,29)(H,28,31)/t22-/m0/s1. The summed E-state index contributed by atoms with van der Waals surface area (Å²) in [5, 5.41) is 8.43. The monoisotopic (exact) mass is 437 g/mol. The molecule has 0 bridgehead atoms. The smallest absolute Gasteiger partial charge is 0.408 e. The molecule has 0 heterocycles. The van der Waals surface area contributed by atoms with Crippen molar-refractivity contribution < 1.29 is 19.1 Å². The lowest BCUT2D eigenvalue weighted by molar-refractivity contribution is -0.123. The lowest BCUT2D eigenvalue weighted by Gasteiger charge is -2.19. The van der Waals surface area contributed by atoms with Crippen LogP contribution in [0.4, 0.5) is 4.79 Å². The van der Waals surface area contributed by atoms with Crippen LogP contribution < -0.4 is 16.0 Å². The molecule has 0 aromatic heterocycles. The number of ether oxygens (including phenoxy) is 1. The normalized spacial score (nSPS) is 14.4. The van der Waals surface area contributed by atoms with Crippen LogP contribution in [0.15, 0.2) is 60.7 Å². The third kappa shape index (κ3) is 8.06. The molecule has 0 saturated heterocycles. The molecule has 7 nitrogen and oxygen atoms in total. The Bertz CT molecular complexity index is 867. The largest absolute Gasteiger partial charge is 0.445 e. The predicted octanol–water partition coefficient (Wildman–Crippen LogP) is 3.09. The molecular weight excluding hydrogens is 406 g/mol. The van der Waals surface area contributed by atoms with Gasteiger partial charge in [-0.25, -0.2) is 4.79 Å². The molecule has 170 valence electrons. The number of nitrogens with one attached hydrogen (secondary N) is 3. The first-order valence-corrected chi connectivity index (χ1v) is 11.2. The van der Waals surface area contributed by atoms with E-state index in [2.05, 4.69) is 16.0 Å². The van der Waals surface area contributed by atoms with E-state index in [9.17, 15) is 14.4 Å². The summed E-state index contributed by atoms with van der Waals surface area (Å²) < 4.78 is 5.27. The van der Waals surface area contributed by atoms with Gasteiger partial charge in [0.15, 0.2) is 0 Å². The highest BCUT2D eigenvalue weighted by atomic mass is 16.5. The Balaban J connectivity index is 1.49. The summed E-state index contributed by atoms with van der Waals surface area (Å²) in [4.78, 5) is 37.2. The molecule has 1 atom stereocenters. The molecule has 2 aromatic carbocycles. The molecule has 32 heavy (non-hydrogen) atoms. The Labute approximate surface area is 188 Å². The van der Waals surface area contributed by atoms with Gasteiger partial charge in [-0.2, -0.15) is 0 Å². The van der Waals surface area contributed by atoms with Gasteiger partial charge in [0.2, 0.25) is 11.8 Å². The van der Waals surface area contributed by atoms with Crippen LogP contribution in [0, 0.1) is 0 Å². The topological polar surface area (TPSA) is 96.5 Å². The van der Waals surface area contributed by atoms with Crippen molar-refractivity contribution >= 4 is 17.9 Å². The number of rotatable bonds is 10. The summed E-state index contributed by atoms with van der Waals surface area (Å²) in [6.45, 7) is 0.330. The first kappa shape index (κ1) is 23.3. The number of benzene rings is 2. The Hall–Kier alpha value is -3.35. The van der Waals surface area contributed by atoms with Gasteiger partial charge >= 0.3 is 6.09 Å². The molecule has 3 rings (SSSR count). The van der Waals surface area contributed by atoms with Crippen molar-refractivity contribution in [1.29, 1.82) is 0 Å². The second-order valence-corrected chi connectivity index (χ2v) is 8.04. The van der Waals surface area contributed by atoms with Gasteiger partial charge in [-0.05, 0) is 24.0 Å². The number of carbonyl (C=O) groups excluding carboxylic acids is 3. The van der Waals surface area contributed by atoms with Crippen molar-refractivity contribution in [2.24, 2.45) is 0 Å². The Morgan fingerprint density at radius 3 is 2.19 bits per heavy atom. The van der Waals surface area contributed by atoms with Crippen molar-refractivity contribution in [1.82, 2.24) is 16.0 Å². The van der Waals surface area contributed by atoms with Gasteiger partial charge in [0, 0.05) is 25.4 Å². The fourth-order valence-electron chi connectivity index (χ4n) is 3.76. The average molecular weight is 438 g/mol. The Kier molecular flexibility index (Phi) is 9.10. The maximum atomic E-state index is 12.8. The molecule has 1 aliphatic carbocycles. The predicted molar refractivity (Wildman–Crippen MR) is 122 cm³/mol. The first-order valence-electron chi connectivity index (χ1n) is 11.2. The van der Waals surface area contributed by atoms with Crippen molar-refractivity contribution in [3.05, 3.63) is 71.8 Å². The summed E-state index contributed by atoms with van der Waals surface area (Å²) in [6, 6.07) is 18.2. The van der Waals surface area contributed by atoms with Gasteiger partial charge in [0.25, 0.3) is 0 Å². The fourth-order valence-corrected chi connectivity index (χ4v) is 3.76. The summed E-state index contributed by atoms with van der Waals surface area (Å²) >= 11 is 0. The maximum Gasteiger partial charge on any atom is 0.408 e. The molecule has 3 N–H and O–H groups in total. The lowest BCUT2D eigenvalue weighted by atomic mass is 10.1. The summed E-state index contributed by atoms with van der Waals surface area (Å²) in [5.41, 5.74) is 1.77. The molecule has 0 unspecified atom stereocenters. The third-order valence-corrected chi connectivity index (χ3v) is 5.48. The molecule has 1 aliphatic rings. The van der Waals surface area contributed by atoms with Crippen molar-refractivity contribution in [3.63, 3.8) is 0 Å². The lowest BCUT2D eigenvalue weighted by Crippen LogP contribution is -2.48. The number of alkyl carbamates (subject to hydrolysis) is 1. The van der Waals surface area contributed by atoms with E-state index < -0.39 is 12.1 Å². The van der Waals surface area contributed by atoms with E-state index in [1.54, 1.807) is 0 Å². The number of hydrogen-bond donors (Lipinski definition) is 3. The molecule has 7 heteroatoms. The molecule has 3 amide bonds. The summed E-state index contributed by atoms with van der Waals surface area (Å²) in [5.74, 6) is -0.411. The van der Waals surface area contributed by atoms with Crippen LogP contribution in [0.2, 0.25) is 0 Å². The van der Waals surface area contributed by atoms with E-state index in [-0.39, 0.29) is 37.4 Å². The van der Waals surface area contributed by atoms with Gasteiger partial charge in [-0.15, -0.1) is 0 Å². The molecule has 0 radical (unpaired) electrons. The molecule has 2 aromatic rings. The molecular formula is C25H31N3O4. The molecule has 1 saturated carbocycles. The van der Waals surface area contributed by atoms with Crippen molar-refractivity contribution in [3.8, 4) is 0 Å². The van der Waals surface area contributed by atoms with Crippen molar-refractivity contribution in [2.75, 3.05) is 6.54 Å². The third-order valence-electron chi connectivity index (χ3n) is 5.48. The van der Waals surface area contributed by atoms with Crippen molar-refractivity contribution in [2.45, 2.75) is 57.2 Å². The number of carbonyl (C=O) groups is 3. The van der Waals surface area contributed by atoms with E-state index in [1.807, 2.05) is 60.7 Å². The van der Waals surface area contributed by atoms with Crippen LogP contribution in [-0.2, 0) is 27.4 Å². The Morgan fingerprint density at radius 1 is 0.906 bits per heavy atom. The average Bonchev–Trinajstić information content (AvgIpc) is 3.31. The minimum Gasteiger partial charge on any atom is -0.445 e. The van der Waals surface area contributed by atoms with Crippen LogP contribution in [0.25, 0.3) is 0 Å². The highest BCUT2D eigenvalue weighted by Crippen LogP contribution is 2.17. The highest BCUT2D eigenvalue weighted by molar-refractivity contribution is 5.86. The molecule has 0 spiro atoms. The van der Waals surface area contributed by atoms with E-state index in [0.717, 1.165) is 36.8 Å². The zero-order valence-corrected chi connectivity index (χ0v) is 18.2. The molecule has 0 aliphatic heterocycles. The molecule has 1 fully saturated rings. The Morgan fingerprint density at radius 2 is 1.53 bits per heavy atom. The van der Waals surface area contributed by atoms with Crippen LogP contribution in [0.1, 0.15) is 43.2 Å². The van der Waals surface area contributed by atoms with E-state index in [0.29, 0.717) is 6.42 Å². The van der Waals surface area contributed by atoms with E-state index in [1.165, 1.54) is 0 Å².